The lowest BCUT2D eigenvalue weighted by molar-refractivity contribution is -0.889. The van der Waals surface area contributed by atoms with Gasteiger partial charge in [-0.3, -0.25) is 9.59 Å². The molecule has 0 saturated carbocycles. The number of unbranched alkanes of at least 4 members (excludes halogenated alkanes) is 12. The molecule has 50 heavy (non-hydrogen) atoms. The van der Waals surface area contributed by atoms with Gasteiger partial charge < -0.3 is 28.6 Å². The quantitative estimate of drug-likeness (QED) is 0.0286. The van der Waals surface area contributed by atoms with Gasteiger partial charge in [0.1, 0.15) is 12.6 Å². The number of carbonyl (C=O) groups excluding carboxylic acids is 3. The van der Waals surface area contributed by atoms with Gasteiger partial charge in [-0.1, -0.05) is 107 Å². The Hall–Kier alpha value is -2.71. The van der Waals surface area contributed by atoms with Crippen LogP contribution in [0.3, 0.4) is 0 Å². The predicted octanol–water partition coefficient (Wildman–Crippen LogP) is 8.74. The largest absolute Gasteiger partial charge is 0.544 e. The monoisotopic (exact) mass is 704 g/mol. The van der Waals surface area contributed by atoms with Gasteiger partial charge in [0.25, 0.3) is 0 Å². The van der Waals surface area contributed by atoms with Crippen LogP contribution in [-0.4, -0.2) is 75.5 Å². The van der Waals surface area contributed by atoms with E-state index in [-0.39, 0.29) is 49.1 Å². The number of rotatable bonds is 34. The van der Waals surface area contributed by atoms with Crippen LogP contribution in [-0.2, 0) is 28.6 Å². The molecule has 0 aromatic rings. The lowest BCUT2D eigenvalue weighted by Gasteiger charge is -2.34. The van der Waals surface area contributed by atoms with Crippen LogP contribution in [0.15, 0.2) is 48.6 Å². The third-order valence-corrected chi connectivity index (χ3v) is 8.45. The van der Waals surface area contributed by atoms with Gasteiger partial charge in [-0.05, 0) is 70.6 Å². The molecule has 0 fully saturated rings. The Morgan fingerprint density at radius 3 is 1.72 bits per heavy atom. The Balaban J connectivity index is 4.49. The predicted molar refractivity (Wildman–Crippen MR) is 203 cm³/mol. The van der Waals surface area contributed by atoms with E-state index < -0.39 is 18.1 Å². The minimum Gasteiger partial charge on any atom is -0.544 e. The zero-order valence-corrected chi connectivity index (χ0v) is 32.5. The second kappa shape index (κ2) is 33.4. The number of quaternary nitrogens is 1. The van der Waals surface area contributed by atoms with Gasteiger partial charge in [0.15, 0.2) is 6.10 Å². The molecular formula is C42H73NO7. The third-order valence-electron chi connectivity index (χ3n) is 8.45. The van der Waals surface area contributed by atoms with Crippen molar-refractivity contribution in [1.82, 2.24) is 0 Å². The molecule has 0 aliphatic carbocycles. The van der Waals surface area contributed by atoms with Crippen molar-refractivity contribution in [2.45, 2.75) is 161 Å². The molecular weight excluding hydrogens is 630 g/mol. The summed E-state index contributed by atoms with van der Waals surface area (Å²) in [7, 11) is 5.37. The Bertz CT molecular complexity index is 964. The van der Waals surface area contributed by atoms with E-state index in [9.17, 15) is 19.5 Å². The van der Waals surface area contributed by atoms with Crippen molar-refractivity contribution in [2.75, 3.05) is 41.0 Å². The van der Waals surface area contributed by atoms with Gasteiger partial charge in [0.05, 0.1) is 40.3 Å². The first-order valence-electron chi connectivity index (χ1n) is 19.7. The molecule has 0 heterocycles. The van der Waals surface area contributed by atoms with E-state index in [1.54, 1.807) is 21.1 Å². The van der Waals surface area contributed by atoms with Crippen LogP contribution >= 0.6 is 0 Å². The lowest BCUT2D eigenvalue weighted by atomic mass is 10.1. The van der Waals surface area contributed by atoms with Gasteiger partial charge in [0.2, 0.25) is 0 Å². The molecule has 0 spiro atoms. The molecule has 0 bridgehead atoms. The number of aliphatic carboxylic acids is 1. The molecule has 0 aromatic heterocycles. The Morgan fingerprint density at radius 1 is 0.620 bits per heavy atom. The Kier molecular flexibility index (Phi) is 31.6. The number of hydrogen-bond donors (Lipinski definition) is 0. The average molecular weight is 704 g/mol. The highest BCUT2D eigenvalue weighted by Gasteiger charge is 2.25. The van der Waals surface area contributed by atoms with Gasteiger partial charge in [-0.2, -0.15) is 0 Å². The third kappa shape index (κ3) is 31.3. The summed E-state index contributed by atoms with van der Waals surface area (Å²) in [5, 5.41) is 11.6. The molecule has 288 valence electrons. The summed E-state index contributed by atoms with van der Waals surface area (Å²) < 4.78 is 17.0. The highest BCUT2D eigenvalue weighted by Crippen LogP contribution is 2.12. The Morgan fingerprint density at radius 2 is 1.12 bits per heavy atom. The van der Waals surface area contributed by atoms with Gasteiger partial charge >= 0.3 is 11.9 Å². The van der Waals surface area contributed by atoms with Crippen molar-refractivity contribution in [3.8, 4) is 0 Å². The van der Waals surface area contributed by atoms with Crippen molar-refractivity contribution >= 4 is 17.9 Å². The second-order valence-corrected chi connectivity index (χ2v) is 14.1. The molecule has 0 aliphatic heterocycles. The number of esters is 2. The minimum atomic E-state index is -1.14. The molecule has 0 saturated heterocycles. The fraction of sp³-hybridized carbons (Fsp3) is 0.738. The SMILES string of the molecule is CC/C=C/C/C=C/C/C=C/CCCCC(=O)OC(COCCC(C(=O)[O-])[N+](C)(C)C)COC(=O)CCCCC/C=C/CCCCCCCCC. The molecule has 0 rings (SSSR count). The number of carboxylic acid groups (broad SMARTS) is 1. The smallest absolute Gasteiger partial charge is 0.306 e. The lowest BCUT2D eigenvalue weighted by Crippen LogP contribution is -2.55. The highest BCUT2D eigenvalue weighted by molar-refractivity contribution is 5.70. The molecule has 2 unspecified atom stereocenters. The summed E-state index contributed by atoms with van der Waals surface area (Å²) in [4.78, 5) is 36.6. The summed E-state index contributed by atoms with van der Waals surface area (Å²) in [5.41, 5.74) is 0. The van der Waals surface area contributed by atoms with Crippen LogP contribution < -0.4 is 5.11 Å². The highest BCUT2D eigenvalue weighted by atomic mass is 16.6. The van der Waals surface area contributed by atoms with Gasteiger partial charge in [0, 0.05) is 19.3 Å². The summed E-state index contributed by atoms with van der Waals surface area (Å²) in [6, 6.07) is -0.734. The second-order valence-electron chi connectivity index (χ2n) is 14.1. The molecule has 2 atom stereocenters. The van der Waals surface area contributed by atoms with E-state index in [4.69, 9.17) is 14.2 Å². The number of ether oxygens (including phenoxy) is 3. The molecule has 0 N–H and O–H groups in total. The van der Waals surface area contributed by atoms with Crippen molar-refractivity contribution < 1.29 is 38.2 Å². The summed E-state index contributed by atoms with van der Waals surface area (Å²) >= 11 is 0. The van der Waals surface area contributed by atoms with Crippen LogP contribution in [0.2, 0.25) is 0 Å². The minimum absolute atomic E-state index is 0.0195. The number of carboxylic acids is 1. The number of hydrogen-bond acceptors (Lipinski definition) is 7. The zero-order valence-electron chi connectivity index (χ0n) is 32.5. The number of allylic oxidation sites excluding steroid dienone is 8. The van der Waals surface area contributed by atoms with Crippen LogP contribution in [0, 0.1) is 0 Å². The van der Waals surface area contributed by atoms with Crippen LogP contribution in [0.5, 0.6) is 0 Å². The van der Waals surface area contributed by atoms with E-state index in [2.05, 4.69) is 62.5 Å². The molecule has 0 aromatic carbocycles. The molecule has 8 nitrogen and oxygen atoms in total. The standard InChI is InChI=1S/C42H73NO7/c1-6-8-10-12-14-16-18-20-21-23-24-26-28-30-32-40(44)49-37-38(36-48-35-34-39(42(46)47)43(3,4)5)50-41(45)33-31-29-27-25-22-19-17-15-13-11-9-7-2/h9,11,15,17,21-23,25,38-39H,6-8,10,12-14,16,18-20,24,26-37H2,1-5H3/b11-9+,17-15+,23-21+,25-22+. The normalized spacial score (nSPS) is 13.5. The summed E-state index contributed by atoms with van der Waals surface area (Å²) in [6.07, 6.45) is 37.1. The van der Waals surface area contributed by atoms with Gasteiger partial charge in [-0.25, -0.2) is 0 Å². The van der Waals surface area contributed by atoms with Crippen LogP contribution in [0.1, 0.15) is 149 Å². The maximum atomic E-state index is 12.6. The number of nitrogens with zero attached hydrogens (tertiary/aromatic N) is 1. The summed E-state index contributed by atoms with van der Waals surface area (Å²) in [6.45, 7) is 4.46. The fourth-order valence-electron chi connectivity index (χ4n) is 5.37. The van der Waals surface area contributed by atoms with E-state index in [0.29, 0.717) is 12.8 Å². The van der Waals surface area contributed by atoms with E-state index >= 15 is 0 Å². The van der Waals surface area contributed by atoms with Crippen LogP contribution in [0.4, 0.5) is 0 Å². The topological polar surface area (TPSA) is 102 Å². The molecule has 0 amide bonds. The number of likely N-dealkylation sites (N-methyl/N-ethyl adjacent to an activating group) is 1. The Labute approximate surface area is 306 Å². The van der Waals surface area contributed by atoms with Crippen molar-refractivity contribution in [1.29, 1.82) is 0 Å². The first-order chi connectivity index (χ1) is 24.1. The van der Waals surface area contributed by atoms with E-state index in [0.717, 1.165) is 64.2 Å². The van der Waals surface area contributed by atoms with Crippen molar-refractivity contribution in [3.63, 3.8) is 0 Å². The van der Waals surface area contributed by atoms with Crippen molar-refractivity contribution in [2.24, 2.45) is 0 Å². The average Bonchev–Trinajstić information content (AvgIpc) is 3.06. The van der Waals surface area contributed by atoms with E-state index in [1.807, 2.05) is 0 Å². The molecule has 8 heteroatoms. The van der Waals surface area contributed by atoms with Crippen molar-refractivity contribution in [3.05, 3.63) is 48.6 Å². The van der Waals surface area contributed by atoms with Crippen LogP contribution in [0.25, 0.3) is 0 Å². The first kappa shape index (κ1) is 47.3. The maximum Gasteiger partial charge on any atom is 0.306 e. The summed E-state index contributed by atoms with van der Waals surface area (Å²) in [5.74, 6) is -1.81. The fourth-order valence-corrected chi connectivity index (χ4v) is 5.37. The van der Waals surface area contributed by atoms with Gasteiger partial charge in [-0.15, -0.1) is 0 Å². The molecule has 0 radical (unpaired) electrons. The zero-order chi connectivity index (χ0) is 37.1. The first-order valence-corrected chi connectivity index (χ1v) is 19.7. The maximum absolute atomic E-state index is 12.6. The molecule has 0 aliphatic rings. The number of carbonyl (C=O) groups is 3. The van der Waals surface area contributed by atoms with E-state index in [1.165, 1.54) is 44.9 Å².